The maximum atomic E-state index is 12.4. The second kappa shape index (κ2) is 6.66. The van der Waals surface area contributed by atoms with Crippen molar-refractivity contribution in [2.24, 2.45) is 0 Å². The lowest BCUT2D eigenvalue weighted by Gasteiger charge is -2.25. The average Bonchev–Trinajstić information content (AvgIpc) is 2.38. The number of nitriles is 1. The van der Waals surface area contributed by atoms with Crippen LogP contribution in [0.3, 0.4) is 0 Å². The molecule has 104 valence electrons. The van der Waals surface area contributed by atoms with Gasteiger partial charge >= 0.3 is 0 Å². The van der Waals surface area contributed by atoms with Gasteiger partial charge < -0.3 is 5.11 Å². The minimum Gasteiger partial charge on any atom is -0.396 e. The number of benzene rings is 1. The second-order valence-corrected chi connectivity index (χ2v) is 6.31. The van der Waals surface area contributed by atoms with Crippen molar-refractivity contribution in [1.82, 2.24) is 4.31 Å². The molecule has 0 bridgehead atoms. The Labute approximate surface area is 114 Å². The predicted molar refractivity (Wildman–Crippen MR) is 71.9 cm³/mol. The van der Waals surface area contributed by atoms with Crippen LogP contribution in [0, 0.1) is 11.3 Å². The molecule has 0 aliphatic heterocycles. The molecule has 0 radical (unpaired) electrons. The summed E-state index contributed by atoms with van der Waals surface area (Å²) in [5.41, 5.74) is 0.422. The molecule has 0 fully saturated rings. The van der Waals surface area contributed by atoms with Crippen molar-refractivity contribution in [3.63, 3.8) is 0 Å². The fourth-order valence-electron chi connectivity index (χ4n) is 1.72. The van der Waals surface area contributed by atoms with E-state index in [9.17, 15) is 8.42 Å². The van der Waals surface area contributed by atoms with Gasteiger partial charge in [-0.2, -0.15) is 9.57 Å². The molecule has 0 saturated heterocycles. The summed E-state index contributed by atoms with van der Waals surface area (Å²) in [5.74, 6) is 0. The highest BCUT2D eigenvalue weighted by molar-refractivity contribution is 7.89. The zero-order chi connectivity index (χ0) is 14.5. The first kappa shape index (κ1) is 15.6. The van der Waals surface area contributed by atoms with Crippen molar-refractivity contribution in [2.45, 2.75) is 31.2 Å². The molecule has 0 amide bonds. The maximum Gasteiger partial charge on any atom is 0.243 e. The monoisotopic (exact) mass is 282 g/mol. The molecular weight excluding hydrogens is 264 g/mol. The topological polar surface area (TPSA) is 81.4 Å². The summed E-state index contributed by atoms with van der Waals surface area (Å²) in [6, 6.07) is 7.60. The standard InChI is InChI=1S/C13H18N2O3S/c1-11(2)15(8-3-9-16)19(17,18)13-6-4-12(10-14)5-7-13/h4-7,11,16H,3,8-9H2,1-2H3. The largest absolute Gasteiger partial charge is 0.396 e. The van der Waals surface area contributed by atoms with Gasteiger partial charge in [-0.3, -0.25) is 0 Å². The number of sulfonamides is 1. The van der Waals surface area contributed by atoms with Crippen LogP contribution in [0.25, 0.3) is 0 Å². The third-order valence-corrected chi connectivity index (χ3v) is 4.79. The summed E-state index contributed by atoms with van der Waals surface area (Å²) in [7, 11) is -3.58. The molecular formula is C13H18N2O3S. The van der Waals surface area contributed by atoms with Gasteiger partial charge in [0, 0.05) is 19.2 Å². The highest BCUT2D eigenvalue weighted by Crippen LogP contribution is 2.19. The van der Waals surface area contributed by atoms with Gasteiger partial charge in [0.1, 0.15) is 0 Å². The van der Waals surface area contributed by atoms with Crippen molar-refractivity contribution in [3.8, 4) is 6.07 Å². The minimum absolute atomic E-state index is 0.0495. The van der Waals surface area contributed by atoms with Crippen molar-refractivity contribution in [3.05, 3.63) is 29.8 Å². The summed E-state index contributed by atoms with van der Waals surface area (Å²) in [5, 5.41) is 17.6. The van der Waals surface area contributed by atoms with Crippen LogP contribution in [0.1, 0.15) is 25.8 Å². The van der Waals surface area contributed by atoms with Crippen molar-refractivity contribution < 1.29 is 13.5 Å². The molecule has 0 saturated carbocycles. The Morgan fingerprint density at radius 2 is 1.89 bits per heavy atom. The van der Waals surface area contributed by atoms with E-state index in [-0.39, 0.29) is 24.1 Å². The van der Waals surface area contributed by atoms with Crippen LogP contribution in [-0.2, 0) is 10.0 Å². The number of nitrogens with zero attached hydrogens (tertiary/aromatic N) is 2. The molecule has 0 unspecified atom stereocenters. The SMILES string of the molecule is CC(C)N(CCCO)S(=O)(=O)c1ccc(C#N)cc1. The highest BCUT2D eigenvalue weighted by atomic mass is 32.2. The predicted octanol–water partition coefficient (Wildman–Crippen LogP) is 1.34. The second-order valence-electron chi connectivity index (χ2n) is 4.42. The molecule has 1 N–H and O–H groups in total. The van der Waals surface area contributed by atoms with Gasteiger partial charge in [-0.1, -0.05) is 0 Å². The van der Waals surface area contributed by atoms with E-state index in [1.54, 1.807) is 13.8 Å². The molecule has 0 aliphatic rings. The van der Waals surface area contributed by atoms with E-state index in [1.165, 1.54) is 28.6 Å². The number of rotatable bonds is 6. The first-order valence-electron chi connectivity index (χ1n) is 6.06. The van der Waals surface area contributed by atoms with Crippen LogP contribution in [-0.4, -0.2) is 37.0 Å². The van der Waals surface area contributed by atoms with Gasteiger partial charge in [-0.15, -0.1) is 0 Å². The molecule has 0 aromatic heterocycles. The fraction of sp³-hybridized carbons (Fsp3) is 0.462. The van der Waals surface area contributed by atoms with Gasteiger partial charge in [-0.05, 0) is 44.5 Å². The summed E-state index contributed by atoms with van der Waals surface area (Å²) >= 11 is 0. The Kier molecular flexibility index (Phi) is 5.48. The zero-order valence-corrected chi connectivity index (χ0v) is 11.9. The van der Waals surface area contributed by atoms with Crippen LogP contribution in [0.2, 0.25) is 0 Å². The van der Waals surface area contributed by atoms with Crippen LogP contribution >= 0.6 is 0 Å². The molecule has 0 atom stereocenters. The van der Waals surface area contributed by atoms with Gasteiger partial charge in [0.15, 0.2) is 0 Å². The van der Waals surface area contributed by atoms with Crippen molar-refractivity contribution >= 4 is 10.0 Å². The minimum atomic E-state index is -3.58. The molecule has 0 spiro atoms. The third-order valence-electron chi connectivity index (χ3n) is 2.70. The zero-order valence-electron chi connectivity index (χ0n) is 11.1. The molecule has 1 aromatic carbocycles. The summed E-state index contributed by atoms with van der Waals surface area (Å²) in [6.07, 6.45) is 0.397. The van der Waals surface area contributed by atoms with Gasteiger partial charge in [0.2, 0.25) is 10.0 Å². The molecule has 6 heteroatoms. The normalized spacial score (nSPS) is 11.8. The molecule has 1 rings (SSSR count). The number of hydrogen-bond acceptors (Lipinski definition) is 4. The van der Waals surface area contributed by atoms with E-state index < -0.39 is 10.0 Å². The van der Waals surface area contributed by atoms with Gasteiger partial charge in [0.05, 0.1) is 16.5 Å². The quantitative estimate of drug-likeness (QED) is 0.853. The molecule has 0 heterocycles. The Morgan fingerprint density at radius 1 is 1.32 bits per heavy atom. The maximum absolute atomic E-state index is 12.4. The lowest BCUT2D eigenvalue weighted by molar-refractivity contribution is 0.258. The average molecular weight is 282 g/mol. The van der Waals surface area contributed by atoms with E-state index in [0.29, 0.717) is 12.0 Å². The summed E-state index contributed by atoms with van der Waals surface area (Å²) < 4.78 is 26.2. The number of hydrogen-bond donors (Lipinski definition) is 1. The van der Waals surface area contributed by atoms with E-state index in [4.69, 9.17) is 10.4 Å². The van der Waals surface area contributed by atoms with Gasteiger partial charge in [0.25, 0.3) is 0 Å². The van der Waals surface area contributed by atoms with Crippen molar-refractivity contribution in [1.29, 1.82) is 5.26 Å². The molecule has 1 aromatic rings. The molecule has 5 nitrogen and oxygen atoms in total. The Morgan fingerprint density at radius 3 is 2.32 bits per heavy atom. The van der Waals surface area contributed by atoms with E-state index in [1.807, 2.05) is 6.07 Å². The van der Waals surface area contributed by atoms with Crippen molar-refractivity contribution in [2.75, 3.05) is 13.2 Å². The molecule has 0 aliphatic carbocycles. The lowest BCUT2D eigenvalue weighted by atomic mass is 10.2. The fourth-order valence-corrected chi connectivity index (χ4v) is 3.39. The first-order chi connectivity index (χ1) is 8.93. The van der Waals surface area contributed by atoms with Crippen LogP contribution in [0.5, 0.6) is 0 Å². The smallest absolute Gasteiger partial charge is 0.243 e. The number of aliphatic hydroxyl groups excluding tert-OH is 1. The Hall–Kier alpha value is -1.42. The number of aliphatic hydroxyl groups is 1. The first-order valence-corrected chi connectivity index (χ1v) is 7.50. The summed E-state index contributed by atoms with van der Waals surface area (Å²) in [4.78, 5) is 0.165. The Bertz CT molecular complexity index is 544. The van der Waals surface area contributed by atoms with E-state index in [2.05, 4.69) is 0 Å². The lowest BCUT2D eigenvalue weighted by Crippen LogP contribution is -2.38. The summed E-state index contributed by atoms with van der Waals surface area (Å²) in [6.45, 7) is 3.81. The van der Waals surface area contributed by atoms with Crippen LogP contribution in [0.15, 0.2) is 29.2 Å². The van der Waals surface area contributed by atoms with Crippen LogP contribution in [0.4, 0.5) is 0 Å². The Balaban J connectivity index is 3.08. The molecule has 19 heavy (non-hydrogen) atoms. The highest BCUT2D eigenvalue weighted by Gasteiger charge is 2.26. The van der Waals surface area contributed by atoms with Crippen LogP contribution < -0.4 is 0 Å². The van der Waals surface area contributed by atoms with E-state index >= 15 is 0 Å². The van der Waals surface area contributed by atoms with E-state index in [0.717, 1.165) is 0 Å². The van der Waals surface area contributed by atoms with Gasteiger partial charge in [-0.25, -0.2) is 8.42 Å². The third kappa shape index (κ3) is 3.77.